The second-order valence-corrected chi connectivity index (χ2v) is 7.47. The van der Waals surface area contributed by atoms with Gasteiger partial charge < -0.3 is 9.64 Å². The first kappa shape index (κ1) is 22.2. The molecule has 0 radical (unpaired) electrons. The maximum Gasteiger partial charge on any atom is 0.119 e. The zero-order valence-corrected chi connectivity index (χ0v) is 18.1. The van der Waals surface area contributed by atoms with E-state index in [1.54, 1.807) is 0 Å². The zero-order valence-electron chi connectivity index (χ0n) is 18.1. The number of nitrogens with zero attached hydrogens (tertiary/aromatic N) is 4. The molecular formula is C26H28N4O. The van der Waals surface area contributed by atoms with E-state index in [0.29, 0.717) is 19.6 Å². The van der Waals surface area contributed by atoms with E-state index in [1.165, 1.54) is 0 Å². The van der Waals surface area contributed by atoms with Gasteiger partial charge in [0.05, 0.1) is 0 Å². The third-order valence-electron chi connectivity index (χ3n) is 4.96. The van der Waals surface area contributed by atoms with Crippen molar-refractivity contribution in [2.45, 2.75) is 6.42 Å². The fourth-order valence-electron chi connectivity index (χ4n) is 3.44. The van der Waals surface area contributed by atoms with E-state index >= 15 is 0 Å². The summed E-state index contributed by atoms with van der Waals surface area (Å²) in [7, 11) is 4.07. The number of hydrogen-bond donors (Lipinski definition) is 0. The molecule has 0 aromatic heterocycles. The van der Waals surface area contributed by atoms with E-state index in [-0.39, 0.29) is 0 Å². The maximum absolute atomic E-state index is 8.78. The highest BCUT2D eigenvalue weighted by Gasteiger charge is 2.14. The summed E-state index contributed by atoms with van der Waals surface area (Å²) in [4.78, 5) is 5.04. The smallest absolute Gasteiger partial charge is 0.119 e. The van der Waals surface area contributed by atoms with Gasteiger partial charge in [-0.1, -0.05) is 77.9 Å². The molecule has 0 aliphatic rings. The van der Waals surface area contributed by atoms with Gasteiger partial charge in [-0.25, -0.2) is 0 Å². The monoisotopic (exact) mass is 412 g/mol. The Morgan fingerprint density at radius 3 is 2.00 bits per heavy atom. The minimum absolute atomic E-state index is 0.406. The van der Waals surface area contributed by atoms with Crippen molar-refractivity contribution in [2.24, 2.45) is 5.11 Å². The van der Waals surface area contributed by atoms with Crippen molar-refractivity contribution in [3.05, 3.63) is 112 Å². The summed E-state index contributed by atoms with van der Waals surface area (Å²) in [6.45, 7) is 1.92. The van der Waals surface area contributed by atoms with Crippen LogP contribution in [0.2, 0.25) is 0 Å². The number of hydrogen-bond acceptors (Lipinski definition) is 3. The predicted molar refractivity (Wildman–Crippen MR) is 128 cm³/mol. The van der Waals surface area contributed by atoms with Gasteiger partial charge in [0, 0.05) is 18.0 Å². The average Bonchev–Trinajstić information content (AvgIpc) is 2.80. The summed E-state index contributed by atoms with van der Waals surface area (Å²) >= 11 is 0. The van der Waals surface area contributed by atoms with E-state index < -0.39 is 0 Å². The van der Waals surface area contributed by atoms with Gasteiger partial charge in [0.1, 0.15) is 12.4 Å². The Morgan fingerprint density at radius 1 is 0.839 bits per heavy atom. The molecule has 3 rings (SSSR count). The van der Waals surface area contributed by atoms with Gasteiger partial charge in [-0.15, -0.1) is 0 Å². The molecule has 0 spiro atoms. The van der Waals surface area contributed by atoms with Crippen molar-refractivity contribution in [1.29, 1.82) is 0 Å². The van der Waals surface area contributed by atoms with Gasteiger partial charge in [0.2, 0.25) is 0 Å². The molecule has 3 aromatic rings. The summed E-state index contributed by atoms with van der Waals surface area (Å²) < 4.78 is 5.87. The van der Waals surface area contributed by atoms with Gasteiger partial charge in [-0.3, -0.25) is 0 Å². The number of ether oxygens (including phenoxy) is 1. The molecule has 158 valence electrons. The Labute approximate surface area is 184 Å². The largest absolute Gasteiger partial charge is 0.492 e. The van der Waals surface area contributed by atoms with Crippen molar-refractivity contribution in [3.63, 3.8) is 0 Å². The second kappa shape index (κ2) is 11.6. The summed E-state index contributed by atoms with van der Waals surface area (Å²) in [6, 6.07) is 28.9. The van der Waals surface area contributed by atoms with E-state index in [1.807, 2.05) is 62.6 Å². The molecule has 0 N–H and O–H groups in total. The van der Waals surface area contributed by atoms with Crippen molar-refractivity contribution in [2.75, 3.05) is 33.8 Å². The summed E-state index contributed by atoms with van der Waals surface area (Å²) in [5.74, 6) is 0.855. The number of benzene rings is 3. The molecule has 0 aliphatic carbocycles. The molecule has 0 amide bonds. The lowest BCUT2D eigenvalue weighted by Gasteiger charge is -2.17. The highest BCUT2D eigenvalue weighted by molar-refractivity contribution is 5.98. The highest BCUT2D eigenvalue weighted by Crippen LogP contribution is 2.35. The van der Waals surface area contributed by atoms with Crippen LogP contribution in [-0.2, 0) is 0 Å². The van der Waals surface area contributed by atoms with Crippen LogP contribution in [0.5, 0.6) is 5.75 Å². The molecule has 0 atom stereocenters. The van der Waals surface area contributed by atoms with Gasteiger partial charge in [-0.2, -0.15) is 0 Å². The van der Waals surface area contributed by atoms with Crippen molar-refractivity contribution in [3.8, 4) is 5.75 Å². The maximum atomic E-state index is 8.78. The zero-order chi connectivity index (χ0) is 21.9. The van der Waals surface area contributed by atoms with Crippen molar-refractivity contribution in [1.82, 2.24) is 4.90 Å². The lowest BCUT2D eigenvalue weighted by atomic mass is 9.88. The third kappa shape index (κ3) is 6.48. The molecule has 0 fully saturated rings. The van der Waals surface area contributed by atoms with E-state index in [0.717, 1.165) is 40.1 Å². The normalized spacial score (nSPS) is 11.6. The third-order valence-corrected chi connectivity index (χ3v) is 4.96. The van der Waals surface area contributed by atoms with Crippen LogP contribution in [0, 0.1) is 0 Å². The van der Waals surface area contributed by atoms with Gasteiger partial charge in [-0.05, 0) is 66.0 Å². The first-order chi connectivity index (χ1) is 15.2. The van der Waals surface area contributed by atoms with Crippen LogP contribution < -0.4 is 4.74 Å². The van der Waals surface area contributed by atoms with E-state index in [4.69, 9.17) is 10.3 Å². The molecule has 0 heterocycles. The Morgan fingerprint density at radius 2 is 1.42 bits per heavy atom. The summed E-state index contributed by atoms with van der Waals surface area (Å²) in [6.07, 6.45) is 0.652. The molecule has 0 unspecified atom stereocenters. The first-order valence-corrected chi connectivity index (χ1v) is 10.4. The van der Waals surface area contributed by atoms with Gasteiger partial charge in [0.25, 0.3) is 0 Å². The van der Waals surface area contributed by atoms with Crippen LogP contribution in [0.3, 0.4) is 0 Å². The van der Waals surface area contributed by atoms with Crippen LogP contribution in [0.1, 0.15) is 23.1 Å². The van der Waals surface area contributed by atoms with Crippen LogP contribution in [-0.4, -0.2) is 38.7 Å². The van der Waals surface area contributed by atoms with Gasteiger partial charge in [0.15, 0.2) is 0 Å². The van der Waals surface area contributed by atoms with Crippen molar-refractivity contribution < 1.29 is 4.74 Å². The first-order valence-electron chi connectivity index (χ1n) is 10.4. The van der Waals surface area contributed by atoms with Crippen LogP contribution in [0.4, 0.5) is 0 Å². The number of rotatable bonds is 10. The minimum Gasteiger partial charge on any atom is -0.492 e. The Bertz CT molecular complexity index is 1020. The second-order valence-electron chi connectivity index (χ2n) is 7.47. The fraction of sp³-hybridized carbons (Fsp3) is 0.231. The Balaban J connectivity index is 2.05. The Hall–Kier alpha value is -3.53. The molecule has 5 nitrogen and oxygen atoms in total. The molecule has 31 heavy (non-hydrogen) atoms. The highest BCUT2D eigenvalue weighted by atomic mass is 16.5. The van der Waals surface area contributed by atoms with Crippen LogP contribution in [0.25, 0.3) is 21.6 Å². The molecular weight excluding hydrogens is 384 g/mol. The standard InChI is InChI=1S/C26H28N4O/c1-30(2)19-20-31-24-15-13-23(14-16-24)26(22-11-7-4-8-12-22)25(17-18-28-29-27)21-9-5-3-6-10-21/h3-16H,17-20H2,1-2H3/b26-25-. The quantitative estimate of drug-likeness (QED) is 0.170. The summed E-state index contributed by atoms with van der Waals surface area (Å²) in [5, 5.41) is 3.79. The molecule has 0 aliphatic heterocycles. The lowest BCUT2D eigenvalue weighted by Crippen LogP contribution is -2.19. The average molecular weight is 413 g/mol. The molecule has 0 saturated carbocycles. The minimum atomic E-state index is 0.406. The fourth-order valence-corrected chi connectivity index (χ4v) is 3.44. The molecule has 3 aromatic carbocycles. The Kier molecular flexibility index (Phi) is 8.29. The number of likely N-dealkylation sites (N-methyl/N-ethyl adjacent to an activating group) is 1. The van der Waals surface area contributed by atoms with E-state index in [2.05, 4.69) is 51.3 Å². The number of azide groups is 1. The molecule has 5 heteroatoms. The lowest BCUT2D eigenvalue weighted by molar-refractivity contribution is 0.261. The SMILES string of the molecule is CN(C)CCOc1ccc(/C(=C(/CCN=[N+]=[N-])c2ccccc2)c2ccccc2)cc1. The molecule has 0 saturated heterocycles. The van der Waals surface area contributed by atoms with E-state index in [9.17, 15) is 0 Å². The van der Waals surface area contributed by atoms with Gasteiger partial charge >= 0.3 is 0 Å². The topological polar surface area (TPSA) is 61.2 Å². The van der Waals surface area contributed by atoms with Crippen LogP contribution in [0.15, 0.2) is 90.0 Å². The van der Waals surface area contributed by atoms with Crippen LogP contribution >= 0.6 is 0 Å². The predicted octanol–water partition coefficient (Wildman–Crippen LogP) is 6.29. The van der Waals surface area contributed by atoms with Crippen molar-refractivity contribution >= 4 is 11.1 Å². The molecule has 0 bridgehead atoms. The summed E-state index contributed by atoms with van der Waals surface area (Å²) in [5.41, 5.74) is 14.4.